The van der Waals surface area contributed by atoms with Crippen molar-refractivity contribution in [1.82, 2.24) is 5.32 Å². The highest BCUT2D eigenvalue weighted by molar-refractivity contribution is 6.05. The van der Waals surface area contributed by atoms with E-state index in [1.165, 1.54) is 0 Å². The monoisotopic (exact) mass is 278 g/mol. The summed E-state index contributed by atoms with van der Waals surface area (Å²) in [6.45, 7) is 0. The van der Waals surface area contributed by atoms with E-state index in [4.69, 9.17) is 5.73 Å². The van der Waals surface area contributed by atoms with Crippen LogP contribution in [-0.4, -0.2) is 11.8 Å². The molecule has 2 amide bonds. The Morgan fingerprint density at radius 3 is 2.52 bits per heavy atom. The lowest BCUT2D eigenvalue weighted by molar-refractivity contribution is -0.114. The Morgan fingerprint density at radius 1 is 1.05 bits per heavy atom. The smallest absolute Gasteiger partial charge is 0.267 e. The maximum atomic E-state index is 12.1. The number of hydrogen-bond acceptors (Lipinski definition) is 2. The van der Waals surface area contributed by atoms with E-state index in [1.54, 1.807) is 48.5 Å². The van der Waals surface area contributed by atoms with Crippen molar-refractivity contribution in [3.8, 4) is 0 Å². The Morgan fingerprint density at radius 2 is 1.81 bits per heavy atom. The van der Waals surface area contributed by atoms with Gasteiger partial charge in [-0.25, -0.2) is 5.32 Å². The molecule has 1 heterocycles. The van der Waals surface area contributed by atoms with E-state index in [0.717, 1.165) is 5.56 Å². The quantitative estimate of drug-likeness (QED) is 0.899. The average molecular weight is 278 g/mol. The molecule has 0 saturated carbocycles. The van der Waals surface area contributed by atoms with E-state index in [-0.39, 0.29) is 11.6 Å². The Balaban J connectivity index is 1.81. The first-order chi connectivity index (χ1) is 10.1. The Kier molecular flexibility index (Phi) is 3.16. The normalized spacial score (nSPS) is 12.1. The molecular weight excluding hydrogens is 266 g/mol. The van der Waals surface area contributed by atoms with Gasteiger partial charge in [-0.2, -0.15) is 0 Å². The van der Waals surface area contributed by atoms with E-state index < -0.39 is 5.91 Å². The summed E-state index contributed by atoms with van der Waals surface area (Å²) in [6.07, 6.45) is 1.61. The highest BCUT2D eigenvalue weighted by Gasteiger charge is 2.18. The molecule has 103 valence electrons. The second-order valence-electron chi connectivity index (χ2n) is 4.60. The van der Waals surface area contributed by atoms with Crippen LogP contribution >= 0.6 is 0 Å². The van der Waals surface area contributed by atoms with Crippen molar-refractivity contribution in [2.45, 2.75) is 0 Å². The molecule has 0 aliphatic carbocycles. The SMILES string of the molecule is NC(=O)C1=Cc2cc(NC(=O)c3ccccc3)ccc2[N]1. The zero-order valence-corrected chi connectivity index (χ0v) is 11.0. The summed E-state index contributed by atoms with van der Waals surface area (Å²) in [5, 5.41) is 6.91. The predicted molar refractivity (Wildman–Crippen MR) is 79.8 cm³/mol. The predicted octanol–water partition coefficient (Wildman–Crippen LogP) is 2.01. The number of nitrogens with one attached hydrogen (secondary N) is 1. The molecule has 0 atom stereocenters. The van der Waals surface area contributed by atoms with Crippen molar-refractivity contribution >= 4 is 29.3 Å². The third-order valence-corrected chi connectivity index (χ3v) is 3.11. The van der Waals surface area contributed by atoms with Crippen LogP contribution in [0.3, 0.4) is 0 Å². The molecule has 0 saturated heterocycles. The van der Waals surface area contributed by atoms with Gasteiger partial charge in [-0.05, 0) is 36.4 Å². The molecule has 0 unspecified atom stereocenters. The molecule has 1 radical (unpaired) electrons. The summed E-state index contributed by atoms with van der Waals surface area (Å²) < 4.78 is 0. The average Bonchev–Trinajstić information content (AvgIpc) is 2.91. The molecule has 5 nitrogen and oxygen atoms in total. The van der Waals surface area contributed by atoms with Crippen LogP contribution in [0.2, 0.25) is 0 Å². The highest BCUT2D eigenvalue weighted by atomic mass is 16.2. The number of primary amides is 1. The van der Waals surface area contributed by atoms with Gasteiger partial charge in [0.15, 0.2) is 0 Å². The van der Waals surface area contributed by atoms with Gasteiger partial charge in [0.1, 0.15) is 5.70 Å². The largest absolute Gasteiger partial charge is 0.364 e. The Hall–Kier alpha value is -3.08. The van der Waals surface area contributed by atoms with Crippen LogP contribution in [0.25, 0.3) is 6.08 Å². The lowest BCUT2D eigenvalue weighted by Crippen LogP contribution is -2.16. The molecule has 21 heavy (non-hydrogen) atoms. The van der Waals surface area contributed by atoms with Crippen LogP contribution in [0, 0.1) is 0 Å². The molecule has 1 aliphatic rings. The van der Waals surface area contributed by atoms with Crippen LogP contribution in [-0.2, 0) is 4.79 Å². The zero-order chi connectivity index (χ0) is 14.8. The number of hydrogen-bond donors (Lipinski definition) is 2. The van der Waals surface area contributed by atoms with Crippen LogP contribution in [0.5, 0.6) is 0 Å². The molecule has 0 fully saturated rings. The summed E-state index contributed by atoms with van der Waals surface area (Å²) in [5.41, 5.74) is 8.07. The van der Waals surface area contributed by atoms with E-state index in [0.29, 0.717) is 16.9 Å². The van der Waals surface area contributed by atoms with Gasteiger partial charge >= 0.3 is 0 Å². The summed E-state index contributed by atoms with van der Waals surface area (Å²) in [4.78, 5) is 23.2. The highest BCUT2D eigenvalue weighted by Crippen LogP contribution is 2.29. The van der Waals surface area contributed by atoms with Crippen molar-refractivity contribution in [2.75, 3.05) is 5.32 Å². The number of nitrogens with zero attached hydrogens (tertiary/aromatic N) is 1. The van der Waals surface area contributed by atoms with Gasteiger partial charge in [0.05, 0.1) is 5.69 Å². The summed E-state index contributed by atoms with van der Waals surface area (Å²) >= 11 is 0. The van der Waals surface area contributed by atoms with Crippen LogP contribution < -0.4 is 16.4 Å². The molecule has 3 N–H and O–H groups in total. The lowest BCUT2D eigenvalue weighted by atomic mass is 10.1. The third-order valence-electron chi connectivity index (χ3n) is 3.11. The maximum Gasteiger partial charge on any atom is 0.267 e. The minimum atomic E-state index is -0.568. The van der Waals surface area contributed by atoms with E-state index >= 15 is 0 Å². The number of carbonyl (C=O) groups is 2. The van der Waals surface area contributed by atoms with Crippen molar-refractivity contribution in [3.63, 3.8) is 0 Å². The van der Waals surface area contributed by atoms with Crippen LogP contribution in [0.1, 0.15) is 15.9 Å². The number of fused-ring (bicyclic) bond motifs is 1. The topological polar surface area (TPSA) is 86.3 Å². The molecule has 2 aromatic carbocycles. The molecule has 0 bridgehead atoms. The summed E-state index contributed by atoms with van der Waals surface area (Å²) in [7, 11) is 0. The molecular formula is C16H12N3O2. The van der Waals surface area contributed by atoms with Gasteiger partial charge in [0.25, 0.3) is 11.8 Å². The van der Waals surface area contributed by atoms with E-state index in [2.05, 4.69) is 10.6 Å². The zero-order valence-electron chi connectivity index (χ0n) is 11.0. The number of amides is 2. The minimum absolute atomic E-state index is 0.190. The maximum absolute atomic E-state index is 12.1. The van der Waals surface area contributed by atoms with Crippen LogP contribution in [0.15, 0.2) is 54.2 Å². The second-order valence-corrected chi connectivity index (χ2v) is 4.60. The molecule has 0 aromatic heterocycles. The van der Waals surface area contributed by atoms with Crippen molar-refractivity contribution in [1.29, 1.82) is 0 Å². The fourth-order valence-electron chi connectivity index (χ4n) is 2.08. The lowest BCUT2D eigenvalue weighted by Gasteiger charge is -2.06. The van der Waals surface area contributed by atoms with Crippen molar-refractivity contribution < 1.29 is 9.59 Å². The fourth-order valence-corrected chi connectivity index (χ4v) is 2.08. The molecule has 3 rings (SSSR count). The first-order valence-electron chi connectivity index (χ1n) is 6.37. The summed E-state index contributed by atoms with van der Waals surface area (Å²) in [5.74, 6) is -0.759. The fraction of sp³-hybridized carbons (Fsp3) is 0. The number of nitrogens with two attached hydrogens (primary N) is 1. The first kappa shape index (κ1) is 12.9. The van der Waals surface area contributed by atoms with Gasteiger partial charge in [-0.15, -0.1) is 0 Å². The van der Waals surface area contributed by atoms with E-state index in [9.17, 15) is 9.59 Å². The number of anilines is 1. The van der Waals surface area contributed by atoms with Gasteiger partial charge in [0, 0.05) is 16.8 Å². The van der Waals surface area contributed by atoms with Gasteiger partial charge in [-0.3, -0.25) is 9.59 Å². The minimum Gasteiger partial charge on any atom is -0.364 e. The third kappa shape index (κ3) is 2.62. The van der Waals surface area contributed by atoms with Gasteiger partial charge < -0.3 is 11.1 Å². The van der Waals surface area contributed by atoms with Crippen molar-refractivity contribution in [3.05, 3.63) is 65.4 Å². The molecule has 0 spiro atoms. The van der Waals surface area contributed by atoms with Gasteiger partial charge in [-0.1, -0.05) is 18.2 Å². The first-order valence-corrected chi connectivity index (χ1v) is 6.37. The van der Waals surface area contributed by atoms with Crippen molar-refractivity contribution in [2.24, 2.45) is 5.73 Å². The number of rotatable bonds is 3. The summed E-state index contributed by atoms with van der Waals surface area (Å²) in [6, 6.07) is 14.2. The number of carbonyl (C=O) groups excluding carboxylic acids is 2. The van der Waals surface area contributed by atoms with Gasteiger partial charge in [0.2, 0.25) is 0 Å². The molecule has 1 aliphatic heterocycles. The number of benzene rings is 2. The Labute approximate surface area is 121 Å². The Bertz CT molecular complexity index is 751. The van der Waals surface area contributed by atoms with Crippen LogP contribution in [0.4, 0.5) is 11.4 Å². The van der Waals surface area contributed by atoms with E-state index in [1.807, 2.05) is 6.07 Å². The second kappa shape index (κ2) is 5.13. The molecule has 5 heteroatoms. The molecule has 2 aromatic rings. The standard InChI is InChI=1S/C16H12N3O2/c17-15(20)14-9-11-8-12(6-7-13(11)19-14)18-16(21)10-4-2-1-3-5-10/h1-9H,(H2,17,20)(H,18,21).